The highest BCUT2D eigenvalue weighted by atomic mass is 32.1. The van der Waals surface area contributed by atoms with Crippen molar-refractivity contribution in [3.63, 3.8) is 0 Å². The van der Waals surface area contributed by atoms with Crippen LogP contribution in [0.1, 0.15) is 15.8 Å². The summed E-state index contributed by atoms with van der Waals surface area (Å²) in [4.78, 5) is 2.15. The maximum atomic E-state index is 5.07. The van der Waals surface area contributed by atoms with E-state index in [-0.39, 0.29) is 0 Å². The Labute approximate surface area is 116 Å². The molecule has 0 N–H and O–H groups in total. The van der Waals surface area contributed by atoms with Crippen LogP contribution >= 0.6 is 11.3 Å². The van der Waals surface area contributed by atoms with E-state index in [1.807, 2.05) is 18.5 Å². The first-order valence-corrected chi connectivity index (χ1v) is 6.84. The van der Waals surface area contributed by atoms with E-state index in [4.69, 9.17) is 4.74 Å². The van der Waals surface area contributed by atoms with E-state index in [1.54, 1.807) is 24.8 Å². The Balaban J connectivity index is 1.91. The third-order valence-corrected chi connectivity index (χ3v) is 3.44. The third-order valence-electron chi connectivity index (χ3n) is 2.62. The van der Waals surface area contributed by atoms with Gasteiger partial charge in [-0.2, -0.15) is 0 Å². The Morgan fingerprint density at radius 3 is 2.84 bits per heavy atom. The van der Waals surface area contributed by atoms with Crippen LogP contribution in [-0.2, 0) is 24.4 Å². The Kier molecular flexibility index (Phi) is 4.94. The molecular formula is C11H18N6OS. The minimum absolute atomic E-state index is 0.657. The molecule has 0 aliphatic carbocycles. The number of methoxy groups -OCH3 is 1. The summed E-state index contributed by atoms with van der Waals surface area (Å²) >= 11 is 1.62. The summed E-state index contributed by atoms with van der Waals surface area (Å²) in [7, 11) is 3.72. The van der Waals surface area contributed by atoms with Gasteiger partial charge >= 0.3 is 0 Å². The molecule has 0 atom stereocenters. The Morgan fingerprint density at radius 1 is 1.32 bits per heavy atom. The van der Waals surface area contributed by atoms with Crippen LogP contribution in [0.5, 0.6) is 0 Å². The zero-order valence-corrected chi connectivity index (χ0v) is 12.2. The lowest BCUT2D eigenvalue weighted by atomic mass is 10.4. The standard InChI is InChI=1S/C11H18N6OS/c1-9-13-15-11(19-9)7-16(2)6-10-14-12-8-17(10)4-5-18-3/h8H,4-7H2,1-3H3. The molecule has 7 nitrogen and oxygen atoms in total. The number of rotatable bonds is 7. The average Bonchev–Trinajstić information content (AvgIpc) is 2.96. The molecule has 0 aromatic carbocycles. The molecule has 0 spiro atoms. The molecular weight excluding hydrogens is 264 g/mol. The van der Waals surface area contributed by atoms with Crippen LogP contribution in [0.2, 0.25) is 0 Å². The number of ether oxygens (including phenoxy) is 1. The van der Waals surface area contributed by atoms with Crippen molar-refractivity contribution in [1.82, 2.24) is 29.9 Å². The fourth-order valence-electron chi connectivity index (χ4n) is 1.71. The molecule has 0 saturated carbocycles. The minimum atomic E-state index is 0.657. The fraction of sp³-hybridized carbons (Fsp3) is 0.636. The molecule has 0 bridgehead atoms. The van der Waals surface area contributed by atoms with E-state index in [9.17, 15) is 0 Å². The third kappa shape index (κ3) is 4.05. The van der Waals surface area contributed by atoms with Gasteiger partial charge in [0.15, 0.2) is 0 Å². The van der Waals surface area contributed by atoms with E-state index < -0.39 is 0 Å². The molecule has 2 heterocycles. The van der Waals surface area contributed by atoms with Gasteiger partial charge < -0.3 is 9.30 Å². The van der Waals surface area contributed by atoms with Gasteiger partial charge in [-0.05, 0) is 14.0 Å². The van der Waals surface area contributed by atoms with E-state index >= 15 is 0 Å². The number of hydrogen-bond donors (Lipinski definition) is 0. The lowest BCUT2D eigenvalue weighted by Crippen LogP contribution is -2.20. The highest BCUT2D eigenvalue weighted by molar-refractivity contribution is 7.11. The molecule has 0 amide bonds. The van der Waals surface area contributed by atoms with Gasteiger partial charge in [-0.1, -0.05) is 0 Å². The van der Waals surface area contributed by atoms with Gasteiger partial charge in [-0.3, -0.25) is 4.90 Å². The summed E-state index contributed by atoms with van der Waals surface area (Å²) in [5, 5.41) is 18.2. The molecule has 8 heteroatoms. The van der Waals surface area contributed by atoms with Crippen LogP contribution in [0, 0.1) is 6.92 Å². The molecule has 2 aromatic heterocycles. The van der Waals surface area contributed by atoms with Crippen molar-refractivity contribution in [1.29, 1.82) is 0 Å². The smallest absolute Gasteiger partial charge is 0.147 e. The maximum absolute atomic E-state index is 5.07. The number of hydrogen-bond acceptors (Lipinski definition) is 7. The summed E-state index contributed by atoms with van der Waals surface area (Å²) in [5.41, 5.74) is 0. The van der Waals surface area contributed by atoms with Crippen molar-refractivity contribution in [2.75, 3.05) is 20.8 Å². The summed E-state index contributed by atoms with van der Waals surface area (Å²) in [6.07, 6.45) is 1.73. The lowest BCUT2D eigenvalue weighted by Gasteiger charge is -2.14. The lowest BCUT2D eigenvalue weighted by molar-refractivity contribution is 0.184. The van der Waals surface area contributed by atoms with Crippen molar-refractivity contribution >= 4 is 11.3 Å². The van der Waals surface area contributed by atoms with Crippen molar-refractivity contribution in [3.8, 4) is 0 Å². The van der Waals surface area contributed by atoms with Crippen LogP contribution in [-0.4, -0.2) is 50.6 Å². The van der Waals surface area contributed by atoms with Gasteiger partial charge in [0.25, 0.3) is 0 Å². The molecule has 104 valence electrons. The predicted molar refractivity (Wildman–Crippen MR) is 71.7 cm³/mol. The van der Waals surface area contributed by atoms with Crippen LogP contribution in [0.3, 0.4) is 0 Å². The first-order chi connectivity index (χ1) is 9.19. The Hall–Kier alpha value is -1.38. The van der Waals surface area contributed by atoms with Crippen LogP contribution in [0.25, 0.3) is 0 Å². The molecule has 0 unspecified atom stereocenters. The second-order valence-electron chi connectivity index (χ2n) is 4.32. The van der Waals surface area contributed by atoms with Crippen molar-refractivity contribution < 1.29 is 4.74 Å². The van der Waals surface area contributed by atoms with Crippen molar-refractivity contribution in [3.05, 3.63) is 22.2 Å². The van der Waals surface area contributed by atoms with Gasteiger partial charge in [0.05, 0.1) is 19.7 Å². The zero-order valence-electron chi connectivity index (χ0n) is 11.4. The Bertz CT molecular complexity index is 511. The first kappa shape index (κ1) is 14.0. The largest absolute Gasteiger partial charge is 0.383 e. The topological polar surface area (TPSA) is 69.0 Å². The van der Waals surface area contributed by atoms with Gasteiger partial charge in [-0.15, -0.1) is 31.7 Å². The monoisotopic (exact) mass is 282 g/mol. The molecule has 2 rings (SSSR count). The summed E-state index contributed by atoms with van der Waals surface area (Å²) in [5.74, 6) is 0.931. The number of aryl methyl sites for hydroxylation is 1. The van der Waals surface area contributed by atoms with Crippen LogP contribution < -0.4 is 0 Å². The quantitative estimate of drug-likeness (QED) is 0.745. The molecule has 0 saturated heterocycles. The van der Waals surface area contributed by atoms with E-state index in [0.29, 0.717) is 6.61 Å². The molecule has 2 aromatic rings. The van der Waals surface area contributed by atoms with E-state index in [2.05, 4.69) is 25.3 Å². The Morgan fingerprint density at radius 2 is 2.16 bits per heavy atom. The maximum Gasteiger partial charge on any atom is 0.147 e. The summed E-state index contributed by atoms with van der Waals surface area (Å²) in [6.45, 7) is 4.88. The number of nitrogens with zero attached hydrogens (tertiary/aromatic N) is 6. The van der Waals surface area contributed by atoms with Gasteiger partial charge in [0.2, 0.25) is 0 Å². The van der Waals surface area contributed by atoms with Gasteiger partial charge in [0.1, 0.15) is 22.2 Å². The fourth-order valence-corrected chi connectivity index (χ4v) is 2.50. The molecule has 0 fully saturated rings. The first-order valence-electron chi connectivity index (χ1n) is 6.02. The summed E-state index contributed by atoms with van der Waals surface area (Å²) < 4.78 is 7.07. The van der Waals surface area contributed by atoms with Gasteiger partial charge in [-0.25, -0.2) is 0 Å². The summed E-state index contributed by atoms with van der Waals surface area (Å²) in [6, 6.07) is 0. The molecule has 0 aliphatic heterocycles. The molecule has 0 radical (unpaired) electrons. The van der Waals surface area contributed by atoms with Crippen LogP contribution in [0.4, 0.5) is 0 Å². The SMILES string of the molecule is COCCn1cnnc1CN(C)Cc1nnc(C)s1. The van der Waals surface area contributed by atoms with Crippen molar-refractivity contribution in [2.45, 2.75) is 26.6 Å². The van der Waals surface area contributed by atoms with Gasteiger partial charge in [0, 0.05) is 13.7 Å². The molecule has 19 heavy (non-hydrogen) atoms. The normalized spacial score (nSPS) is 11.4. The average molecular weight is 282 g/mol. The number of aromatic nitrogens is 5. The zero-order chi connectivity index (χ0) is 13.7. The minimum Gasteiger partial charge on any atom is -0.383 e. The van der Waals surface area contributed by atoms with E-state index in [1.165, 1.54) is 0 Å². The predicted octanol–water partition coefficient (Wildman–Crippen LogP) is 0.716. The highest BCUT2D eigenvalue weighted by Crippen LogP contribution is 2.11. The van der Waals surface area contributed by atoms with E-state index in [0.717, 1.165) is 35.5 Å². The molecule has 0 aliphatic rings. The second kappa shape index (κ2) is 6.69. The second-order valence-corrected chi connectivity index (χ2v) is 5.59. The van der Waals surface area contributed by atoms with Crippen LogP contribution in [0.15, 0.2) is 6.33 Å². The highest BCUT2D eigenvalue weighted by Gasteiger charge is 2.10. The van der Waals surface area contributed by atoms with Crippen molar-refractivity contribution in [2.24, 2.45) is 0 Å².